The molecule has 0 unspecified atom stereocenters. The van der Waals surface area contributed by atoms with Crippen LogP contribution in [0.15, 0.2) is 42.5 Å². The molecule has 0 bridgehead atoms. The molecule has 2 N–H and O–H groups in total. The van der Waals surface area contributed by atoms with E-state index in [0.29, 0.717) is 24.3 Å². The Kier molecular flexibility index (Phi) is 6.41. The Labute approximate surface area is 186 Å². The van der Waals surface area contributed by atoms with E-state index in [0.717, 1.165) is 35.6 Å². The molecular weight excluding hydrogens is 411 g/mol. The van der Waals surface area contributed by atoms with Gasteiger partial charge in [-0.15, -0.1) is 0 Å². The number of ether oxygens (including phenoxy) is 1. The van der Waals surface area contributed by atoms with Gasteiger partial charge in [-0.3, -0.25) is 9.59 Å². The Balaban J connectivity index is 1.34. The van der Waals surface area contributed by atoms with E-state index in [2.05, 4.69) is 15.2 Å². The second-order valence-electron chi connectivity index (χ2n) is 8.04. The number of carbonyl (C=O) groups excluding carboxylic acids is 2. The van der Waals surface area contributed by atoms with E-state index >= 15 is 0 Å². The highest BCUT2D eigenvalue weighted by atomic mass is 19.1. The summed E-state index contributed by atoms with van der Waals surface area (Å²) in [4.78, 5) is 32.0. The Bertz CT molecular complexity index is 1120. The van der Waals surface area contributed by atoms with Gasteiger partial charge < -0.3 is 24.8 Å². The predicted molar refractivity (Wildman–Crippen MR) is 122 cm³/mol. The number of hydrogen-bond acceptors (Lipinski definition) is 4. The van der Waals surface area contributed by atoms with Gasteiger partial charge >= 0.3 is 0 Å². The molecule has 1 aromatic heterocycles. The van der Waals surface area contributed by atoms with Crippen LogP contribution in [0.4, 0.5) is 15.8 Å². The first kappa shape index (κ1) is 21.8. The third-order valence-electron chi connectivity index (χ3n) is 5.74. The molecule has 1 aliphatic heterocycles. The molecule has 0 saturated carbocycles. The summed E-state index contributed by atoms with van der Waals surface area (Å²) < 4.78 is 19.0. The van der Waals surface area contributed by atoms with E-state index in [1.54, 1.807) is 13.1 Å². The van der Waals surface area contributed by atoms with Crippen LogP contribution in [0.1, 0.15) is 11.3 Å². The van der Waals surface area contributed by atoms with E-state index < -0.39 is 0 Å². The van der Waals surface area contributed by atoms with Crippen molar-refractivity contribution in [1.29, 1.82) is 0 Å². The third kappa shape index (κ3) is 4.91. The molecule has 0 radical (unpaired) electrons. The molecule has 2 heterocycles. The van der Waals surface area contributed by atoms with Gasteiger partial charge in [-0.05, 0) is 55.0 Å². The maximum Gasteiger partial charge on any atom is 0.243 e. The minimum absolute atomic E-state index is 0.0696. The van der Waals surface area contributed by atoms with Crippen LogP contribution in [0, 0.1) is 12.7 Å². The van der Waals surface area contributed by atoms with Gasteiger partial charge in [0.05, 0.1) is 26.2 Å². The number of aromatic nitrogens is 1. The number of H-pyrrole nitrogens is 1. The van der Waals surface area contributed by atoms with Crippen molar-refractivity contribution in [2.75, 3.05) is 50.1 Å². The topological polar surface area (TPSA) is 77.7 Å². The number of halogens is 1. The van der Waals surface area contributed by atoms with Crippen molar-refractivity contribution in [2.45, 2.75) is 13.3 Å². The number of morpholine rings is 1. The number of aromatic amines is 1. The van der Waals surface area contributed by atoms with Crippen LogP contribution in [0.3, 0.4) is 0 Å². The smallest absolute Gasteiger partial charge is 0.243 e. The summed E-state index contributed by atoms with van der Waals surface area (Å²) in [6.45, 7) is 4.91. The van der Waals surface area contributed by atoms with Gasteiger partial charge in [-0.25, -0.2) is 4.39 Å². The second-order valence-corrected chi connectivity index (χ2v) is 8.04. The molecule has 0 aliphatic carbocycles. The normalized spacial score (nSPS) is 13.9. The third-order valence-corrected chi connectivity index (χ3v) is 5.74. The molecular formula is C24H27FN4O3. The van der Waals surface area contributed by atoms with Crippen molar-refractivity contribution >= 4 is 34.1 Å². The van der Waals surface area contributed by atoms with Gasteiger partial charge in [0.1, 0.15) is 5.82 Å². The summed E-state index contributed by atoms with van der Waals surface area (Å²) in [6, 6.07) is 12.1. The van der Waals surface area contributed by atoms with E-state index in [9.17, 15) is 14.0 Å². The number of amides is 2. The summed E-state index contributed by atoms with van der Waals surface area (Å²) in [7, 11) is 1.59. The molecule has 1 aliphatic rings. The molecule has 3 aromatic rings. The lowest BCUT2D eigenvalue weighted by atomic mass is 10.1. The molecule has 32 heavy (non-hydrogen) atoms. The monoisotopic (exact) mass is 438 g/mol. The zero-order valence-electron chi connectivity index (χ0n) is 18.3. The van der Waals surface area contributed by atoms with Gasteiger partial charge in [0, 0.05) is 48.1 Å². The van der Waals surface area contributed by atoms with Crippen molar-refractivity contribution in [3.63, 3.8) is 0 Å². The van der Waals surface area contributed by atoms with Gasteiger partial charge in [-0.1, -0.05) is 0 Å². The van der Waals surface area contributed by atoms with Crippen LogP contribution in [-0.2, 0) is 20.7 Å². The fraction of sp³-hybridized carbons (Fsp3) is 0.333. The second kappa shape index (κ2) is 9.40. The highest BCUT2D eigenvalue weighted by molar-refractivity contribution is 5.96. The number of hydrogen-bond donors (Lipinski definition) is 2. The molecule has 2 aromatic carbocycles. The number of rotatable bonds is 6. The Morgan fingerprint density at radius 3 is 2.59 bits per heavy atom. The largest absolute Gasteiger partial charge is 0.378 e. The van der Waals surface area contributed by atoms with Gasteiger partial charge in [0.25, 0.3) is 0 Å². The molecule has 0 atom stereocenters. The Morgan fingerprint density at radius 2 is 1.88 bits per heavy atom. The number of benzene rings is 2. The number of fused-ring (bicyclic) bond motifs is 1. The first-order chi connectivity index (χ1) is 15.4. The lowest BCUT2D eigenvalue weighted by Crippen LogP contribution is -2.36. The van der Waals surface area contributed by atoms with Crippen LogP contribution in [-0.4, -0.2) is 61.6 Å². The van der Waals surface area contributed by atoms with Gasteiger partial charge in [-0.2, -0.15) is 0 Å². The van der Waals surface area contributed by atoms with Crippen LogP contribution < -0.4 is 10.2 Å². The number of carbonyl (C=O) groups is 2. The standard InChI is InChI=1S/C24H27FN4O3/c1-16-20(21-13-17(25)3-8-22(21)26-16)14-24(31)28(2)15-23(30)27-18-4-6-19(7-5-18)29-9-11-32-12-10-29/h3-8,13,26H,9-12,14-15H2,1-2H3,(H,27,30). The lowest BCUT2D eigenvalue weighted by Gasteiger charge is -2.28. The highest BCUT2D eigenvalue weighted by Crippen LogP contribution is 2.24. The van der Waals surface area contributed by atoms with Crippen LogP contribution >= 0.6 is 0 Å². The first-order valence-corrected chi connectivity index (χ1v) is 10.6. The van der Waals surface area contributed by atoms with Crippen LogP contribution in [0.25, 0.3) is 10.9 Å². The zero-order valence-corrected chi connectivity index (χ0v) is 18.3. The summed E-state index contributed by atoms with van der Waals surface area (Å²) >= 11 is 0. The Hall–Kier alpha value is -3.39. The molecule has 168 valence electrons. The molecule has 8 heteroatoms. The number of anilines is 2. The highest BCUT2D eigenvalue weighted by Gasteiger charge is 2.18. The van der Waals surface area contributed by atoms with E-state index in [4.69, 9.17) is 4.74 Å². The predicted octanol–water partition coefficient (Wildman–Crippen LogP) is 3.09. The summed E-state index contributed by atoms with van der Waals surface area (Å²) in [5.74, 6) is -0.838. The minimum atomic E-state index is -0.349. The zero-order chi connectivity index (χ0) is 22.7. The average Bonchev–Trinajstić information content (AvgIpc) is 3.09. The summed E-state index contributed by atoms with van der Waals surface area (Å²) in [6.07, 6.45) is 0.0906. The van der Waals surface area contributed by atoms with Crippen molar-refractivity contribution < 1.29 is 18.7 Å². The van der Waals surface area contributed by atoms with E-state index in [1.807, 2.05) is 31.2 Å². The molecule has 7 nitrogen and oxygen atoms in total. The van der Waals surface area contributed by atoms with Gasteiger partial charge in [0.2, 0.25) is 11.8 Å². The van der Waals surface area contributed by atoms with Gasteiger partial charge in [0.15, 0.2) is 0 Å². The molecule has 4 rings (SSSR count). The first-order valence-electron chi connectivity index (χ1n) is 10.6. The Morgan fingerprint density at radius 1 is 1.16 bits per heavy atom. The number of aryl methyl sites for hydroxylation is 1. The van der Waals surface area contributed by atoms with Crippen molar-refractivity contribution in [3.8, 4) is 0 Å². The lowest BCUT2D eigenvalue weighted by molar-refractivity contribution is -0.132. The average molecular weight is 439 g/mol. The van der Waals surface area contributed by atoms with Crippen molar-refractivity contribution in [3.05, 3.63) is 59.5 Å². The maximum absolute atomic E-state index is 13.7. The molecule has 1 saturated heterocycles. The molecule has 2 amide bonds. The molecule has 1 fully saturated rings. The van der Waals surface area contributed by atoms with Crippen molar-refractivity contribution in [2.24, 2.45) is 0 Å². The van der Waals surface area contributed by atoms with Crippen LogP contribution in [0.5, 0.6) is 0 Å². The molecule has 0 spiro atoms. The SMILES string of the molecule is Cc1[nH]c2ccc(F)cc2c1CC(=O)N(C)CC(=O)Nc1ccc(N2CCOCC2)cc1. The number of nitrogens with zero attached hydrogens (tertiary/aromatic N) is 2. The van der Waals surface area contributed by atoms with E-state index in [1.165, 1.54) is 17.0 Å². The quantitative estimate of drug-likeness (QED) is 0.620. The van der Waals surface area contributed by atoms with E-state index in [-0.39, 0.29) is 30.6 Å². The fourth-order valence-corrected chi connectivity index (χ4v) is 3.95. The summed E-state index contributed by atoms with van der Waals surface area (Å²) in [5.41, 5.74) is 4.11. The maximum atomic E-state index is 13.7. The minimum Gasteiger partial charge on any atom is -0.378 e. The van der Waals surface area contributed by atoms with Crippen LogP contribution in [0.2, 0.25) is 0 Å². The number of nitrogens with one attached hydrogen (secondary N) is 2. The van der Waals surface area contributed by atoms with Crippen molar-refractivity contribution in [1.82, 2.24) is 9.88 Å². The fourth-order valence-electron chi connectivity index (χ4n) is 3.95. The number of likely N-dealkylation sites (N-methyl/N-ethyl adjacent to an activating group) is 1. The summed E-state index contributed by atoms with van der Waals surface area (Å²) in [5, 5.41) is 3.52.